The van der Waals surface area contributed by atoms with E-state index in [2.05, 4.69) is 9.72 Å². The van der Waals surface area contributed by atoms with Gasteiger partial charge in [0.05, 0.1) is 17.6 Å². The summed E-state index contributed by atoms with van der Waals surface area (Å²) in [6.45, 7) is 0. The Balaban J connectivity index is 3.61. The lowest BCUT2D eigenvalue weighted by molar-refractivity contribution is -0.387. The Kier molecular flexibility index (Phi) is 3.30. The molecule has 1 rings (SSSR count). The molecule has 0 saturated heterocycles. The van der Waals surface area contributed by atoms with Gasteiger partial charge < -0.3 is 4.74 Å². The smallest absolute Gasteiger partial charge is 0.341 e. The van der Waals surface area contributed by atoms with E-state index in [9.17, 15) is 18.9 Å². The molecule has 0 bridgehead atoms. The largest absolute Gasteiger partial charge is 0.476 e. The van der Waals surface area contributed by atoms with Crippen molar-refractivity contribution in [2.75, 3.05) is 7.11 Å². The summed E-state index contributed by atoms with van der Waals surface area (Å²) in [4.78, 5) is 13.0. The highest BCUT2D eigenvalue weighted by Crippen LogP contribution is 2.37. The van der Waals surface area contributed by atoms with Crippen LogP contribution >= 0.6 is 0 Å². The minimum absolute atomic E-state index is 0.539. The maximum Gasteiger partial charge on any atom is 0.341 e. The molecule has 8 heteroatoms. The number of halogens is 2. The van der Waals surface area contributed by atoms with Gasteiger partial charge in [-0.3, -0.25) is 10.1 Å². The third-order valence-electron chi connectivity index (χ3n) is 1.77. The van der Waals surface area contributed by atoms with Crippen LogP contribution in [0.2, 0.25) is 0 Å². The summed E-state index contributed by atoms with van der Waals surface area (Å²) in [5.74, 6) is -0.542. The summed E-state index contributed by atoms with van der Waals surface area (Å²) < 4.78 is 29.7. The SMILES string of the molecule is COc1ncc(C#N)c(C(F)F)c1[N+](=O)[O-]. The molecule has 0 fully saturated rings. The average molecular weight is 229 g/mol. The Bertz CT molecular complexity index is 470. The van der Waals surface area contributed by atoms with Gasteiger partial charge in [0.1, 0.15) is 11.6 Å². The van der Waals surface area contributed by atoms with E-state index in [1.165, 1.54) is 6.07 Å². The monoisotopic (exact) mass is 229 g/mol. The van der Waals surface area contributed by atoms with Crippen LogP contribution in [-0.2, 0) is 0 Å². The number of ether oxygens (including phenoxy) is 1. The van der Waals surface area contributed by atoms with Gasteiger partial charge in [0.15, 0.2) is 0 Å². The Morgan fingerprint density at radius 1 is 1.69 bits per heavy atom. The van der Waals surface area contributed by atoms with Crippen LogP contribution in [0.4, 0.5) is 14.5 Å². The summed E-state index contributed by atoms with van der Waals surface area (Å²) in [5, 5.41) is 19.2. The van der Waals surface area contributed by atoms with Crippen molar-refractivity contribution in [2.24, 2.45) is 0 Å². The number of hydrogen-bond acceptors (Lipinski definition) is 5. The number of rotatable bonds is 3. The van der Waals surface area contributed by atoms with E-state index in [4.69, 9.17) is 5.26 Å². The third kappa shape index (κ3) is 1.88. The van der Waals surface area contributed by atoms with E-state index in [0.717, 1.165) is 13.3 Å². The van der Waals surface area contributed by atoms with Gasteiger partial charge in [-0.15, -0.1) is 0 Å². The van der Waals surface area contributed by atoms with Crippen LogP contribution in [0.5, 0.6) is 5.88 Å². The van der Waals surface area contributed by atoms with E-state index in [1.807, 2.05) is 0 Å². The number of nitro groups is 1. The van der Waals surface area contributed by atoms with Gasteiger partial charge in [0, 0.05) is 6.20 Å². The Hall–Kier alpha value is -2.30. The molecule has 6 nitrogen and oxygen atoms in total. The van der Waals surface area contributed by atoms with Crippen molar-refractivity contribution in [3.8, 4) is 11.9 Å². The van der Waals surface area contributed by atoms with Gasteiger partial charge in [-0.05, 0) is 0 Å². The molecule has 0 spiro atoms. The molecule has 0 aliphatic rings. The van der Waals surface area contributed by atoms with Crippen LogP contribution in [0.15, 0.2) is 6.20 Å². The molecule has 0 aliphatic carbocycles. The lowest BCUT2D eigenvalue weighted by Crippen LogP contribution is -2.04. The fraction of sp³-hybridized carbons (Fsp3) is 0.250. The lowest BCUT2D eigenvalue weighted by atomic mass is 10.1. The number of hydrogen-bond donors (Lipinski definition) is 0. The first-order chi connectivity index (χ1) is 7.52. The predicted octanol–water partition coefficient (Wildman–Crippen LogP) is 1.81. The normalized spacial score (nSPS) is 9.94. The summed E-state index contributed by atoms with van der Waals surface area (Å²) >= 11 is 0. The van der Waals surface area contributed by atoms with Crippen LogP contribution in [0.25, 0.3) is 0 Å². The average Bonchev–Trinajstić information content (AvgIpc) is 2.26. The molecule has 16 heavy (non-hydrogen) atoms. The molecular weight excluding hydrogens is 224 g/mol. The molecule has 0 N–H and O–H groups in total. The van der Waals surface area contributed by atoms with Gasteiger partial charge in [-0.25, -0.2) is 13.8 Å². The molecule has 0 amide bonds. The summed E-state index contributed by atoms with van der Waals surface area (Å²) in [6.07, 6.45) is -2.33. The first kappa shape index (κ1) is 11.8. The highest BCUT2D eigenvalue weighted by atomic mass is 19.3. The minimum Gasteiger partial charge on any atom is -0.476 e. The molecular formula is C8H5F2N3O3. The number of alkyl halides is 2. The standard InChI is InChI=1S/C8H5F2N3O3/c1-16-8-6(13(14)15)5(7(9)10)4(2-11)3-12-8/h3,7H,1H3. The molecule has 0 radical (unpaired) electrons. The topological polar surface area (TPSA) is 89.0 Å². The molecule has 1 heterocycles. The first-order valence-corrected chi connectivity index (χ1v) is 3.92. The van der Waals surface area contributed by atoms with Crippen LogP contribution in [-0.4, -0.2) is 17.0 Å². The lowest BCUT2D eigenvalue weighted by Gasteiger charge is -2.06. The van der Waals surface area contributed by atoms with Crippen molar-refractivity contribution in [2.45, 2.75) is 6.43 Å². The summed E-state index contributed by atoms with van der Waals surface area (Å²) in [5.41, 5.74) is -2.49. The number of aromatic nitrogens is 1. The number of pyridine rings is 1. The second-order valence-corrected chi connectivity index (χ2v) is 2.61. The van der Waals surface area contributed by atoms with Crippen molar-refractivity contribution < 1.29 is 18.4 Å². The highest BCUT2D eigenvalue weighted by molar-refractivity contribution is 5.56. The number of methoxy groups -OCH3 is 1. The minimum atomic E-state index is -3.15. The molecule has 0 unspecified atom stereocenters. The molecule has 0 atom stereocenters. The quantitative estimate of drug-likeness (QED) is 0.582. The zero-order valence-electron chi connectivity index (χ0n) is 7.98. The molecule has 0 aromatic carbocycles. The Morgan fingerprint density at radius 3 is 2.69 bits per heavy atom. The fourth-order valence-corrected chi connectivity index (χ4v) is 1.13. The van der Waals surface area contributed by atoms with Gasteiger partial charge in [-0.2, -0.15) is 5.26 Å². The first-order valence-electron chi connectivity index (χ1n) is 3.92. The van der Waals surface area contributed by atoms with Gasteiger partial charge in [0.2, 0.25) is 0 Å². The van der Waals surface area contributed by atoms with E-state index in [-0.39, 0.29) is 0 Å². The maximum atomic E-state index is 12.6. The van der Waals surface area contributed by atoms with Crippen LogP contribution in [0.1, 0.15) is 17.6 Å². The van der Waals surface area contributed by atoms with Crippen molar-refractivity contribution >= 4 is 5.69 Å². The predicted molar refractivity (Wildman–Crippen MR) is 47.1 cm³/mol. The van der Waals surface area contributed by atoms with Crippen molar-refractivity contribution in [3.63, 3.8) is 0 Å². The van der Waals surface area contributed by atoms with E-state index < -0.39 is 34.0 Å². The van der Waals surface area contributed by atoms with Crippen LogP contribution in [0.3, 0.4) is 0 Å². The zero-order chi connectivity index (χ0) is 12.3. The number of nitriles is 1. The molecule has 0 saturated carbocycles. The van der Waals surface area contributed by atoms with Crippen LogP contribution < -0.4 is 4.74 Å². The fourth-order valence-electron chi connectivity index (χ4n) is 1.13. The van der Waals surface area contributed by atoms with Gasteiger partial charge in [0.25, 0.3) is 12.3 Å². The summed E-state index contributed by atoms with van der Waals surface area (Å²) in [7, 11) is 1.07. The van der Waals surface area contributed by atoms with E-state index in [1.54, 1.807) is 0 Å². The Labute approximate surface area is 88.2 Å². The number of nitrogens with zero attached hydrogens (tertiary/aromatic N) is 3. The third-order valence-corrected chi connectivity index (χ3v) is 1.77. The van der Waals surface area contributed by atoms with Crippen molar-refractivity contribution in [1.82, 2.24) is 4.98 Å². The van der Waals surface area contributed by atoms with Gasteiger partial charge >= 0.3 is 5.69 Å². The highest BCUT2D eigenvalue weighted by Gasteiger charge is 2.31. The molecule has 1 aromatic heterocycles. The Morgan fingerprint density at radius 2 is 2.31 bits per heavy atom. The second-order valence-electron chi connectivity index (χ2n) is 2.61. The van der Waals surface area contributed by atoms with Crippen molar-refractivity contribution in [3.05, 3.63) is 27.4 Å². The molecule has 1 aromatic rings. The van der Waals surface area contributed by atoms with E-state index in [0.29, 0.717) is 0 Å². The van der Waals surface area contributed by atoms with E-state index >= 15 is 0 Å². The summed E-state index contributed by atoms with van der Waals surface area (Å²) in [6, 6.07) is 1.42. The molecule has 84 valence electrons. The van der Waals surface area contributed by atoms with Crippen LogP contribution in [0, 0.1) is 21.4 Å². The van der Waals surface area contributed by atoms with Gasteiger partial charge in [-0.1, -0.05) is 0 Å². The zero-order valence-corrected chi connectivity index (χ0v) is 7.98. The second kappa shape index (κ2) is 4.48. The molecule has 0 aliphatic heterocycles. The maximum absolute atomic E-state index is 12.6. The van der Waals surface area contributed by atoms with Crippen molar-refractivity contribution in [1.29, 1.82) is 5.26 Å².